The molecule has 1 aromatic heterocycles. The molecule has 1 amide bonds. The molecule has 0 aromatic carbocycles. The Morgan fingerprint density at radius 2 is 1.88 bits per heavy atom. The molecule has 8 heteroatoms. The largest absolute Gasteiger partial charge is 0.444 e. The van der Waals surface area contributed by atoms with Crippen LogP contribution in [0.2, 0.25) is 0 Å². The van der Waals surface area contributed by atoms with Gasteiger partial charge in [-0.25, -0.2) is 9.79 Å². The Morgan fingerprint density at radius 1 is 1.28 bits per heavy atom. The fourth-order valence-corrected chi connectivity index (χ4v) is 2.72. The summed E-state index contributed by atoms with van der Waals surface area (Å²) in [6.45, 7) is 10.7. The predicted molar refractivity (Wildman–Crippen MR) is 97.3 cm³/mol. The number of nitrogens with zero attached hydrogens (tertiary/aromatic N) is 5. The molecule has 0 saturated carbocycles. The molecule has 2 rings (SSSR count). The fourth-order valence-electron chi connectivity index (χ4n) is 2.72. The van der Waals surface area contributed by atoms with Gasteiger partial charge in [-0.15, -0.1) is 0 Å². The summed E-state index contributed by atoms with van der Waals surface area (Å²) in [6, 6.07) is 0. The molecular weight excluding hydrogens is 320 g/mol. The van der Waals surface area contributed by atoms with E-state index in [9.17, 15) is 4.79 Å². The summed E-state index contributed by atoms with van der Waals surface area (Å²) in [6.07, 6.45) is 2.58. The van der Waals surface area contributed by atoms with Gasteiger partial charge in [0.1, 0.15) is 5.60 Å². The van der Waals surface area contributed by atoms with Crippen LogP contribution >= 0.6 is 0 Å². The van der Waals surface area contributed by atoms with Gasteiger partial charge in [0.15, 0.2) is 5.96 Å². The van der Waals surface area contributed by atoms with Crippen LogP contribution in [0.25, 0.3) is 0 Å². The zero-order valence-corrected chi connectivity index (χ0v) is 15.9. The molecule has 1 aromatic rings. The van der Waals surface area contributed by atoms with Crippen LogP contribution in [0.1, 0.15) is 39.0 Å². The topological polar surface area (TPSA) is 89.0 Å². The van der Waals surface area contributed by atoms with Crippen LogP contribution in [0, 0.1) is 0 Å². The second-order valence-corrected chi connectivity index (χ2v) is 7.26. The molecule has 1 fully saturated rings. The van der Waals surface area contributed by atoms with Crippen molar-refractivity contribution in [3.63, 3.8) is 0 Å². The van der Waals surface area contributed by atoms with Gasteiger partial charge in [-0.1, -0.05) is 6.92 Å². The third kappa shape index (κ3) is 5.37. The van der Waals surface area contributed by atoms with Crippen LogP contribution in [0.4, 0.5) is 4.79 Å². The molecule has 25 heavy (non-hydrogen) atoms. The van der Waals surface area contributed by atoms with E-state index in [1.807, 2.05) is 38.9 Å². The van der Waals surface area contributed by atoms with Gasteiger partial charge < -0.3 is 20.3 Å². The summed E-state index contributed by atoms with van der Waals surface area (Å²) in [5.74, 6) is 0.509. The van der Waals surface area contributed by atoms with Crippen molar-refractivity contribution in [3.05, 3.63) is 17.5 Å². The van der Waals surface area contributed by atoms with Gasteiger partial charge in [0.2, 0.25) is 0 Å². The van der Waals surface area contributed by atoms with E-state index in [-0.39, 0.29) is 6.09 Å². The Kier molecular flexibility index (Phi) is 5.92. The van der Waals surface area contributed by atoms with E-state index in [1.165, 1.54) is 0 Å². The number of ether oxygens (including phenoxy) is 1. The van der Waals surface area contributed by atoms with Crippen LogP contribution in [0.15, 0.2) is 11.2 Å². The highest BCUT2D eigenvalue weighted by molar-refractivity contribution is 5.78. The molecule has 0 aliphatic carbocycles. The number of aliphatic imine (C=N–C) groups is 1. The maximum Gasteiger partial charge on any atom is 0.410 e. The molecule has 0 radical (unpaired) electrons. The summed E-state index contributed by atoms with van der Waals surface area (Å²) in [5.41, 5.74) is 7.80. The number of nitrogens with two attached hydrogens (primary N) is 1. The Labute approximate surface area is 149 Å². The fraction of sp³-hybridized carbons (Fsp3) is 0.706. The predicted octanol–water partition coefficient (Wildman–Crippen LogP) is 1.35. The highest BCUT2D eigenvalue weighted by Crippen LogP contribution is 2.12. The average molecular weight is 350 g/mol. The molecule has 0 atom stereocenters. The second kappa shape index (κ2) is 7.76. The number of amides is 1. The zero-order valence-electron chi connectivity index (χ0n) is 15.9. The van der Waals surface area contributed by atoms with Crippen LogP contribution in [-0.4, -0.2) is 63.4 Å². The van der Waals surface area contributed by atoms with Gasteiger partial charge in [0.25, 0.3) is 0 Å². The zero-order chi connectivity index (χ0) is 18.6. The first-order valence-corrected chi connectivity index (χ1v) is 8.73. The van der Waals surface area contributed by atoms with Gasteiger partial charge in [-0.05, 0) is 27.2 Å². The van der Waals surface area contributed by atoms with Crippen molar-refractivity contribution >= 4 is 12.1 Å². The third-order valence-corrected chi connectivity index (χ3v) is 3.99. The highest BCUT2D eigenvalue weighted by atomic mass is 16.6. The molecule has 1 aliphatic rings. The minimum absolute atomic E-state index is 0.273. The van der Waals surface area contributed by atoms with Crippen LogP contribution in [0.3, 0.4) is 0 Å². The van der Waals surface area contributed by atoms with E-state index in [4.69, 9.17) is 10.5 Å². The summed E-state index contributed by atoms with van der Waals surface area (Å²) in [7, 11) is 1.91. The SMILES string of the molecule is CCc1nn(C)cc1CN=C(N)N1CCN(C(=O)OC(C)(C)C)CC1. The Bertz CT molecular complexity index is 624. The lowest BCUT2D eigenvalue weighted by molar-refractivity contribution is 0.0186. The van der Waals surface area contributed by atoms with E-state index >= 15 is 0 Å². The number of aryl methyl sites for hydroxylation is 2. The first-order chi connectivity index (χ1) is 11.7. The Hall–Kier alpha value is -2.25. The van der Waals surface area contributed by atoms with Gasteiger partial charge in [0, 0.05) is 45.0 Å². The smallest absolute Gasteiger partial charge is 0.410 e. The third-order valence-electron chi connectivity index (χ3n) is 3.99. The minimum Gasteiger partial charge on any atom is -0.444 e. The maximum atomic E-state index is 12.1. The molecule has 140 valence electrons. The number of aromatic nitrogens is 2. The maximum absolute atomic E-state index is 12.1. The standard InChI is InChI=1S/C17H30N6O2/c1-6-14-13(12-21(5)20-14)11-19-15(18)22-7-9-23(10-8-22)16(24)25-17(2,3)4/h12H,6-11H2,1-5H3,(H2,18,19). The first-order valence-electron chi connectivity index (χ1n) is 8.73. The summed E-state index contributed by atoms with van der Waals surface area (Å²) in [4.78, 5) is 20.3. The summed E-state index contributed by atoms with van der Waals surface area (Å²) in [5, 5.41) is 4.41. The van der Waals surface area contributed by atoms with E-state index < -0.39 is 5.60 Å². The van der Waals surface area contributed by atoms with Gasteiger partial charge in [-0.2, -0.15) is 5.10 Å². The lowest BCUT2D eigenvalue weighted by atomic mass is 10.2. The Balaban J connectivity index is 1.88. The van der Waals surface area contributed by atoms with Crippen molar-refractivity contribution in [1.29, 1.82) is 0 Å². The summed E-state index contributed by atoms with van der Waals surface area (Å²) < 4.78 is 7.21. The lowest BCUT2D eigenvalue weighted by Crippen LogP contribution is -2.53. The Morgan fingerprint density at radius 3 is 2.44 bits per heavy atom. The molecule has 2 heterocycles. The summed E-state index contributed by atoms with van der Waals surface area (Å²) >= 11 is 0. The number of hydrogen-bond donors (Lipinski definition) is 1. The van der Waals surface area contributed by atoms with Crippen molar-refractivity contribution in [1.82, 2.24) is 19.6 Å². The molecule has 0 unspecified atom stereocenters. The molecule has 0 bridgehead atoms. The highest BCUT2D eigenvalue weighted by Gasteiger charge is 2.26. The normalized spacial score (nSPS) is 16.3. The lowest BCUT2D eigenvalue weighted by Gasteiger charge is -2.36. The number of carbonyl (C=O) groups excluding carboxylic acids is 1. The van der Waals surface area contributed by atoms with Crippen molar-refractivity contribution in [2.75, 3.05) is 26.2 Å². The monoisotopic (exact) mass is 350 g/mol. The number of guanidine groups is 1. The van der Waals surface area contributed by atoms with Crippen molar-refractivity contribution in [3.8, 4) is 0 Å². The van der Waals surface area contributed by atoms with Crippen LogP contribution in [0.5, 0.6) is 0 Å². The molecule has 1 aliphatic heterocycles. The van der Waals surface area contributed by atoms with Crippen LogP contribution < -0.4 is 5.73 Å². The van der Waals surface area contributed by atoms with E-state index in [2.05, 4.69) is 17.0 Å². The quantitative estimate of drug-likeness (QED) is 0.656. The average Bonchev–Trinajstić information content (AvgIpc) is 2.91. The second-order valence-electron chi connectivity index (χ2n) is 7.26. The minimum atomic E-state index is -0.477. The van der Waals surface area contributed by atoms with Gasteiger partial charge in [-0.3, -0.25) is 4.68 Å². The number of piperazine rings is 1. The van der Waals surface area contributed by atoms with Gasteiger partial charge in [0.05, 0.1) is 12.2 Å². The van der Waals surface area contributed by atoms with Gasteiger partial charge >= 0.3 is 6.09 Å². The molecule has 1 saturated heterocycles. The van der Waals surface area contributed by atoms with Crippen molar-refractivity contribution < 1.29 is 9.53 Å². The molecule has 2 N–H and O–H groups in total. The number of rotatable bonds is 3. The van der Waals surface area contributed by atoms with Crippen LogP contribution in [-0.2, 0) is 24.8 Å². The van der Waals surface area contributed by atoms with E-state index in [1.54, 1.807) is 9.58 Å². The number of hydrogen-bond acceptors (Lipinski definition) is 4. The van der Waals surface area contributed by atoms with E-state index in [0.29, 0.717) is 38.7 Å². The molecule has 0 spiro atoms. The number of carbonyl (C=O) groups is 1. The molecule has 8 nitrogen and oxygen atoms in total. The molecular formula is C17H30N6O2. The van der Waals surface area contributed by atoms with E-state index in [0.717, 1.165) is 17.7 Å². The van der Waals surface area contributed by atoms with Crippen molar-refractivity contribution in [2.45, 2.75) is 46.3 Å². The first kappa shape index (κ1) is 19.1. The van der Waals surface area contributed by atoms with Crippen molar-refractivity contribution in [2.24, 2.45) is 17.8 Å².